The van der Waals surface area contributed by atoms with Crippen LogP contribution in [0.3, 0.4) is 0 Å². The summed E-state index contributed by atoms with van der Waals surface area (Å²) in [6.45, 7) is 5.00. The molecule has 0 rings (SSSR count). The van der Waals surface area contributed by atoms with Crippen LogP contribution in [0.4, 0.5) is 0 Å². The molecule has 2 atom stereocenters. The van der Waals surface area contributed by atoms with Crippen LogP contribution >= 0.6 is 0 Å². The fourth-order valence-corrected chi connectivity index (χ4v) is 11.6. The molecule has 0 aromatic carbocycles. The number of rotatable bonds is 68. The van der Waals surface area contributed by atoms with Gasteiger partial charge in [-0.3, -0.25) is 9.59 Å². The molecule has 0 spiro atoms. The van der Waals surface area contributed by atoms with E-state index in [0.29, 0.717) is 25.9 Å². The molecule has 0 saturated heterocycles. The number of aliphatic hydroxyl groups is 2. The molecular weight excluding hydrogens is 959 g/mol. The maximum Gasteiger partial charge on any atom is 0.305 e. The highest BCUT2D eigenvalue weighted by atomic mass is 16.5. The summed E-state index contributed by atoms with van der Waals surface area (Å²) in [5.74, 6) is -0.00901. The zero-order chi connectivity index (χ0) is 56.4. The molecule has 3 N–H and O–H groups in total. The Hall–Kier alpha value is -1.40. The first-order chi connectivity index (χ1) is 38.5. The van der Waals surface area contributed by atoms with Crippen molar-refractivity contribution in [2.75, 3.05) is 13.2 Å². The molecule has 0 aliphatic heterocycles. The van der Waals surface area contributed by atoms with Gasteiger partial charge in [-0.25, -0.2) is 0 Å². The van der Waals surface area contributed by atoms with Gasteiger partial charge in [0.1, 0.15) is 0 Å². The number of hydrogen-bond donors (Lipinski definition) is 3. The number of nitrogens with one attached hydrogen (secondary N) is 1. The van der Waals surface area contributed by atoms with Crippen LogP contribution in [0.15, 0.2) is 12.2 Å². The molecule has 0 fully saturated rings. The van der Waals surface area contributed by atoms with E-state index in [1.54, 1.807) is 0 Å². The molecule has 6 nitrogen and oxygen atoms in total. The Bertz CT molecular complexity index is 1180. The van der Waals surface area contributed by atoms with Crippen molar-refractivity contribution in [3.8, 4) is 0 Å². The Labute approximate surface area is 489 Å². The van der Waals surface area contributed by atoms with E-state index < -0.39 is 12.1 Å². The first-order valence-electron chi connectivity index (χ1n) is 35.9. The number of carbonyl (C=O) groups excluding carboxylic acids is 2. The standard InChI is InChI=1S/C72H141NO5/c1-3-5-7-9-11-13-15-17-19-34-37-40-44-48-52-56-60-64-70(75)69(68-74)73-71(76)65-61-57-53-49-45-41-38-35-32-30-28-26-24-22-20-21-23-25-27-29-31-33-36-39-43-47-51-55-59-63-67-78-72(77)66-62-58-54-50-46-42-18-16-14-12-10-8-6-4-2/h21,23,69-70,74-75H,3-20,22,24-68H2,1-2H3,(H,73,76)/b23-21-. The molecule has 0 aromatic heterocycles. The number of aliphatic hydroxyl groups excluding tert-OH is 2. The number of hydrogen-bond acceptors (Lipinski definition) is 5. The molecule has 78 heavy (non-hydrogen) atoms. The van der Waals surface area contributed by atoms with Crippen molar-refractivity contribution >= 4 is 11.9 Å². The third kappa shape index (κ3) is 63.8. The van der Waals surface area contributed by atoms with Gasteiger partial charge in [-0.2, -0.15) is 0 Å². The zero-order valence-corrected chi connectivity index (χ0v) is 53.2. The second-order valence-electron chi connectivity index (χ2n) is 24.9. The van der Waals surface area contributed by atoms with Gasteiger partial charge >= 0.3 is 5.97 Å². The predicted octanol–water partition coefficient (Wildman–Crippen LogP) is 23.1. The van der Waals surface area contributed by atoms with Gasteiger partial charge in [0, 0.05) is 12.8 Å². The van der Waals surface area contributed by atoms with E-state index >= 15 is 0 Å². The Morgan fingerprint density at radius 1 is 0.346 bits per heavy atom. The van der Waals surface area contributed by atoms with Gasteiger partial charge in [0.15, 0.2) is 0 Å². The van der Waals surface area contributed by atoms with Crippen LogP contribution in [-0.2, 0) is 14.3 Å². The third-order valence-corrected chi connectivity index (χ3v) is 17.1. The van der Waals surface area contributed by atoms with E-state index in [1.165, 1.54) is 340 Å². The number of unbranched alkanes of at least 4 members (excludes halogenated alkanes) is 55. The van der Waals surface area contributed by atoms with Gasteiger partial charge in [-0.15, -0.1) is 0 Å². The van der Waals surface area contributed by atoms with Gasteiger partial charge in [0.2, 0.25) is 5.91 Å². The first kappa shape index (κ1) is 76.6. The molecule has 2 unspecified atom stereocenters. The topological polar surface area (TPSA) is 95.9 Å². The van der Waals surface area contributed by atoms with Crippen molar-refractivity contribution < 1.29 is 24.5 Å². The van der Waals surface area contributed by atoms with Crippen LogP contribution in [0.5, 0.6) is 0 Å². The molecular formula is C72H141NO5. The largest absolute Gasteiger partial charge is 0.466 e. The van der Waals surface area contributed by atoms with Crippen molar-refractivity contribution in [2.45, 2.75) is 424 Å². The molecule has 0 heterocycles. The third-order valence-electron chi connectivity index (χ3n) is 17.1. The lowest BCUT2D eigenvalue weighted by molar-refractivity contribution is -0.143. The Balaban J connectivity index is 3.35. The van der Waals surface area contributed by atoms with Crippen molar-refractivity contribution in [2.24, 2.45) is 0 Å². The van der Waals surface area contributed by atoms with E-state index in [9.17, 15) is 19.8 Å². The molecule has 0 saturated carbocycles. The lowest BCUT2D eigenvalue weighted by Crippen LogP contribution is -2.45. The minimum absolute atomic E-state index is 0.0204. The van der Waals surface area contributed by atoms with E-state index in [2.05, 4.69) is 31.3 Å². The van der Waals surface area contributed by atoms with Crippen LogP contribution < -0.4 is 5.32 Å². The first-order valence-corrected chi connectivity index (χ1v) is 35.9. The molecule has 0 aromatic rings. The fourth-order valence-electron chi connectivity index (χ4n) is 11.6. The van der Waals surface area contributed by atoms with E-state index in [-0.39, 0.29) is 18.5 Å². The second-order valence-corrected chi connectivity index (χ2v) is 24.9. The van der Waals surface area contributed by atoms with Crippen molar-refractivity contribution in [3.05, 3.63) is 12.2 Å². The second kappa shape index (κ2) is 68.1. The summed E-state index contributed by atoms with van der Waals surface area (Å²) < 4.78 is 5.49. The highest BCUT2D eigenvalue weighted by molar-refractivity contribution is 5.76. The van der Waals surface area contributed by atoms with Gasteiger partial charge in [-0.05, 0) is 51.4 Å². The summed E-state index contributed by atoms with van der Waals surface area (Å²) >= 11 is 0. The minimum Gasteiger partial charge on any atom is -0.466 e. The van der Waals surface area contributed by atoms with Gasteiger partial charge in [0.05, 0.1) is 25.4 Å². The lowest BCUT2D eigenvalue weighted by Gasteiger charge is -2.22. The summed E-state index contributed by atoms with van der Waals surface area (Å²) in [6.07, 6.45) is 84.1. The van der Waals surface area contributed by atoms with Crippen LogP contribution in [0.25, 0.3) is 0 Å². The van der Waals surface area contributed by atoms with Crippen LogP contribution in [0.1, 0.15) is 412 Å². The fraction of sp³-hybridized carbons (Fsp3) is 0.944. The number of carbonyl (C=O) groups is 2. The van der Waals surface area contributed by atoms with Gasteiger partial charge in [0.25, 0.3) is 0 Å². The summed E-state index contributed by atoms with van der Waals surface area (Å²) in [7, 11) is 0. The molecule has 1 amide bonds. The Morgan fingerprint density at radius 2 is 0.603 bits per heavy atom. The zero-order valence-electron chi connectivity index (χ0n) is 53.2. The number of ether oxygens (including phenoxy) is 1. The van der Waals surface area contributed by atoms with Gasteiger partial charge < -0.3 is 20.3 Å². The number of amides is 1. The summed E-state index contributed by atoms with van der Waals surface area (Å²) in [6, 6.07) is -0.540. The summed E-state index contributed by atoms with van der Waals surface area (Å²) in [5.41, 5.74) is 0. The molecule has 464 valence electrons. The average molecular weight is 1100 g/mol. The quantitative estimate of drug-likeness (QED) is 0.0320. The number of esters is 1. The highest BCUT2D eigenvalue weighted by Crippen LogP contribution is 2.19. The summed E-state index contributed by atoms with van der Waals surface area (Å²) in [4.78, 5) is 24.6. The number of allylic oxidation sites excluding steroid dienone is 2. The molecule has 6 heteroatoms. The molecule has 0 aliphatic rings. The van der Waals surface area contributed by atoms with Crippen molar-refractivity contribution in [1.29, 1.82) is 0 Å². The predicted molar refractivity (Wildman–Crippen MR) is 343 cm³/mol. The van der Waals surface area contributed by atoms with E-state index in [0.717, 1.165) is 38.5 Å². The maximum absolute atomic E-state index is 12.5. The van der Waals surface area contributed by atoms with Gasteiger partial charge in [-0.1, -0.05) is 360 Å². The monoisotopic (exact) mass is 1100 g/mol. The average Bonchev–Trinajstić information content (AvgIpc) is 3.44. The van der Waals surface area contributed by atoms with E-state index in [4.69, 9.17) is 4.74 Å². The highest BCUT2D eigenvalue weighted by Gasteiger charge is 2.20. The normalized spacial score (nSPS) is 12.5. The minimum atomic E-state index is -0.663. The summed E-state index contributed by atoms with van der Waals surface area (Å²) in [5, 5.41) is 23.4. The van der Waals surface area contributed by atoms with Crippen LogP contribution in [0, 0.1) is 0 Å². The maximum atomic E-state index is 12.5. The molecule has 0 radical (unpaired) electrons. The lowest BCUT2D eigenvalue weighted by atomic mass is 10.0. The molecule has 0 bridgehead atoms. The Kier molecular flexibility index (Phi) is 66.9. The van der Waals surface area contributed by atoms with Crippen LogP contribution in [0.2, 0.25) is 0 Å². The van der Waals surface area contributed by atoms with Crippen LogP contribution in [-0.4, -0.2) is 47.4 Å². The SMILES string of the molecule is CCCCCCCCCCCCCCCCCCCC(O)C(CO)NC(=O)CCCCCCCCCCCCCCCC/C=C\CCCCCCCCCCCCCCOC(=O)CCCCCCCCCCCCCCCC. The molecule has 0 aliphatic carbocycles. The van der Waals surface area contributed by atoms with Crippen molar-refractivity contribution in [3.63, 3.8) is 0 Å². The van der Waals surface area contributed by atoms with E-state index in [1.807, 2.05) is 0 Å². The van der Waals surface area contributed by atoms with Crippen molar-refractivity contribution in [1.82, 2.24) is 5.32 Å². The Morgan fingerprint density at radius 3 is 0.910 bits per heavy atom. The smallest absolute Gasteiger partial charge is 0.305 e.